The number of hydrogen-bond donors (Lipinski definition) is 2. The summed E-state index contributed by atoms with van der Waals surface area (Å²) in [6.07, 6.45) is 1.59. The second-order valence-corrected chi connectivity index (χ2v) is 4.81. The van der Waals surface area contributed by atoms with Gasteiger partial charge in [-0.25, -0.2) is 4.79 Å². The Labute approximate surface area is 126 Å². The minimum atomic E-state index is -0.836. The van der Waals surface area contributed by atoms with Crippen LogP contribution in [0.4, 0.5) is 4.79 Å². The minimum absolute atomic E-state index is 0.110. The van der Waals surface area contributed by atoms with Crippen molar-refractivity contribution in [3.05, 3.63) is 12.7 Å². The molecule has 2 bridgehead atoms. The molecule has 2 aliphatic heterocycles. The molecule has 0 aromatic rings. The Morgan fingerprint density at radius 1 is 1.45 bits per heavy atom. The maximum atomic E-state index is 12.3. The van der Waals surface area contributed by atoms with Crippen LogP contribution in [0.3, 0.4) is 0 Å². The Bertz CT molecular complexity index is 534. The van der Waals surface area contributed by atoms with Crippen LogP contribution < -0.4 is 11.5 Å². The molecule has 10 heteroatoms. The highest BCUT2D eigenvalue weighted by molar-refractivity contribution is 6.02. The van der Waals surface area contributed by atoms with E-state index in [2.05, 4.69) is 11.7 Å². The summed E-state index contributed by atoms with van der Waals surface area (Å²) in [4.78, 5) is 45.9. The van der Waals surface area contributed by atoms with E-state index in [9.17, 15) is 14.4 Å². The van der Waals surface area contributed by atoms with Crippen molar-refractivity contribution in [1.29, 1.82) is 0 Å². The van der Waals surface area contributed by atoms with Crippen molar-refractivity contribution in [3.63, 3.8) is 0 Å². The van der Waals surface area contributed by atoms with Crippen LogP contribution in [-0.4, -0.2) is 65.4 Å². The fourth-order valence-corrected chi connectivity index (χ4v) is 2.35. The number of carbonyl (C=O) groups excluding carboxylic acids is 3. The Morgan fingerprint density at radius 3 is 2.77 bits per heavy atom. The highest BCUT2D eigenvalue weighted by Gasteiger charge is 2.51. The first kappa shape index (κ1) is 15.8. The van der Waals surface area contributed by atoms with Crippen LogP contribution in [0.25, 0.3) is 0 Å². The average molecular weight is 311 g/mol. The summed E-state index contributed by atoms with van der Waals surface area (Å²) < 4.78 is 0. The van der Waals surface area contributed by atoms with Crippen LogP contribution >= 0.6 is 0 Å². The van der Waals surface area contributed by atoms with Gasteiger partial charge in [0.25, 0.3) is 5.91 Å². The summed E-state index contributed by atoms with van der Waals surface area (Å²) in [7, 11) is 0. The molecule has 4 amide bonds. The lowest BCUT2D eigenvalue weighted by Crippen LogP contribution is -2.51. The molecule has 2 atom stereocenters. The molecule has 0 aromatic carbocycles. The first-order valence-electron chi connectivity index (χ1n) is 6.55. The number of nitrogens with two attached hydrogens (primary N) is 2. The van der Waals surface area contributed by atoms with Gasteiger partial charge in [0.15, 0.2) is 6.61 Å². The average Bonchev–Trinajstić information content (AvgIpc) is 2.72. The van der Waals surface area contributed by atoms with Gasteiger partial charge in [-0.1, -0.05) is 11.2 Å². The molecule has 2 heterocycles. The van der Waals surface area contributed by atoms with Gasteiger partial charge in [-0.05, 0) is 0 Å². The van der Waals surface area contributed by atoms with Gasteiger partial charge in [0.05, 0.1) is 18.9 Å². The predicted molar refractivity (Wildman–Crippen MR) is 74.1 cm³/mol. The lowest BCUT2D eigenvalue weighted by atomic mass is 9.98. The van der Waals surface area contributed by atoms with E-state index in [4.69, 9.17) is 21.1 Å². The smallest absolute Gasteiger partial charge is 0.345 e. The Hall–Kier alpha value is -2.62. The zero-order valence-corrected chi connectivity index (χ0v) is 11.8. The van der Waals surface area contributed by atoms with Crippen LogP contribution in [0.1, 0.15) is 6.42 Å². The highest BCUT2D eigenvalue weighted by Crippen LogP contribution is 2.28. The number of primary amides is 2. The number of piperidine rings is 1. The quantitative estimate of drug-likeness (QED) is 0.427. The van der Waals surface area contributed by atoms with Crippen LogP contribution in [0, 0.1) is 0 Å². The predicted octanol–water partition coefficient (Wildman–Crippen LogP) is -1.67. The van der Waals surface area contributed by atoms with Crippen LogP contribution in [0.15, 0.2) is 17.8 Å². The number of nitrogens with zero attached hydrogens (tertiary/aromatic N) is 3. The lowest BCUT2D eigenvalue weighted by Gasteiger charge is -2.28. The van der Waals surface area contributed by atoms with E-state index in [0.717, 1.165) is 5.06 Å². The monoisotopic (exact) mass is 311 g/mol. The largest absolute Gasteiger partial charge is 0.386 e. The first-order chi connectivity index (χ1) is 10.5. The van der Waals surface area contributed by atoms with Gasteiger partial charge >= 0.3 is 6.03 Å². The summed E-state index contributed by atoms with van der Waals surface area (Å²) in [5, 5.41) is 4.92. The third-order valence-corrected chi connectivity index (χ3v) is 3.30. The van der Waals surface area contributed by atoms with Crippen LogP contribution in [0.2, 0.25) is 0 Å². The van der Waals surface area contributed by atoms with E-state index in [1.54, 1.807) is 0 Å². The van der Waals surface area contributed by atoms with Gasteiger partial charge < -0.3 is 21.2 Å². The van der Waals surface area contributed by atoms with Gasteiger partial charge in [-0.3, -0.25) is 14.4 Å². The van der Waals surface area contributed by atoms with Crippen molar-refractivity contribution >= 4 is 23.6 Å². The van der Waals surface area contributed by atoms with E-state index < -0.39 is 36.5 Å². The van der Waals surface area contributed by atoms with Gasteiger partial charge in [0.2, 0.25) is 5.91 Å². The number of amides is 4. The molecule has 2 fully saturated rings. The zero-order chi connectivity index (χ0) is 16.3. The number of hydrogen-bond acceptors (Lipinski definition) is 6. The molecule has 4 N–H and O–H groups in total. The molecule has 22 heavy (non-hydrogen) atoms. The minimum Gasteiger partial charge on any atom is -0.386 e. The SMILES string of the molecule is C=CCON1C(=O)N2C[C@H]1C(=NOCC(N)=O)C[C@H]2C(N)=O. The summed E-state index contributed by atoms with van der Waals surface area (Å²) in [5.41, 5.74) is 10.7. The summed E-state index contributed by atoms with van der Waals surface area (Å²) >= 11 is 0. The molecule has 0 unspecified atom stereocenters. The molecular weight excluding hydrogens is 294 g/mol. The van der Waals surface area contributed by atoms with E-state index in [1.165, 1.54) is 11.0 Å². The van der Waals surface area contributed by atoms with Gasteiger partial charge in [-0.2, -0.15) is 5.06 Å². The molecule has 0 aliphatic carbocycles. The van der Waals surface area contributed by atoms with Gasteiger partial charge in [-0.15, -0.1) is 6.58 Å². The Morgan fingerprint density at radius 2 is 2.18 bits per heavy atom. The number of carbonyl (C=O) groups is 3. The van der Waals surface area contributed by atoms with E-state index in [0.29, 0.717) is 5.71 Å². The molecule has 120 valence electrons. The number of rotatable bonds is 7. The second kappa shape index (κ2) is 6.43. The van der Waals surface area contributed by atoms with E-state index >= 15 is 0 Å². The fraction of sp³-hybridized carbons (Fsp3) is 0.500. The molecule has 0 spiro atoms. The third kappa shape index (κ3) is 3.01. The molecule has 2 aliphatic rings. The van der Waals surface area contributed by atoms with Crippen molar-refractivity contribution < 1.29 is 24.1 Å². The Balaban J connectivity index is 2.21. The molecular formula is C12H17N5O5. The van der Waals surface area contributed by atoms with Crippen molar-refractivity contribution in [3.8, 4) is 0 Å². The van der Waals surface area contributed by atoms with Crippen molar-refractivity contribution in [2.75, 3.05) is 19.8 Å². The molecule has 10 nitrogen and oxygen atoms in total. The van der Waals surface area contributed by atoms with E-state index in [1.807, 2.05) is 0 Å². The van der Waals surface area contributed by atoms with Crippen LogP contribution in [0.5, 0.6) is 0 Å². The summed E-state index contributed by atoms with van der Waals surface area (Å²) in [6, 6.07) is -1.83. The molecule has 0 radical (unpaired) electrons. The van der Waals surface area contributed by atoms with Gasteiger partial charge in [0.1, 0.15) is 12.1 Å². The molecule has 0 aromatic heterocycles. The van der Waals surface area contributed by atoms with Crippen molar-refractivity contribution in [2.45, 2.75) is 18.5 Å². The number of fused-ring (bicyclic) bond motifs is 2. The van der Waals surface area contributed by atoms with E-state index in [-0.39, 0.29) is 19.6 Å². The van der Waals surface area contributed by atoms with Gasteiger partial charge in [0, 0.05) is 6.42 Å². The molecule has 2 saturated heterocycles. The number of oxime groups is 1. The zero-order valence-electron chi connectivity index (χ0n) is 11.8. The Kier molecular flexibility index (Phi) is 4.61. The normalized spacial score (nSPS) is 25.5. The standard InChI is InChI=1S/C12H17N5O5/c1-2-3-22-17-9-5-16(12(17)20)8(11(14)19)4-7(9)15-21-6-10(13)18/h2,8-9H,1,3-6H2,(H2,13,18)(H2,14,19)/t8-,9-/m0/s1. The topological polar surface area (TPSA) is 141 Å². The lowest BCUT2D eigenvalue weighted by molar-refractivity contribution is -0.123. The fourth-order valence-electron chi connectivity index (χ4n) is 2.35. The molecule has 2 rings (SSSR count). The summed E-state index contributed by atoms with van der Waals surface area (Å²) in [6.45, 7) is 3.42. The van der Waals surface area contributed by atoms with Crippen molar-refractivity contribution in [2.24, 2.45) is 16.6 Å². The summed E-state index contributed by atoms with van der Waals surface area (Å²) in [5.74, 6) is -1.34. The number of urea groups is 1. The maximum absolute atomic E-state index is 12.3. The first-order valence-corrected chi connectivity index (χ1v) is 6.55. The highest BCUT2D eigenvalue weighted by atomic mass is 16.7. The third-order valence-electron chi connectivity index (χ3n) is 3.30. The molecule has 0 saturated carbocycles. The van der Waals surface area contributed by atoms with Crippen LogP contribution in [-0.2, 0) is 19.3 Å². The maximum Gasteiger partial charge on any atom is 0.345 e. The second-order valence-electron chi connectivity index (χ2n) is 4.81. The van der Waals surface area contributed by atoms with Crippen molar-refractivity contribution in [1.82, 2.24) is 9.96 Å². The number of hydroxylamine groups is 2.